The molecule has 5 rings (SSSR count). The van der Waals surface area contributed by atoms with Crippen molar-refractivity contribution in [3.8, 4) is 0 Å². The number of hydroxylamine groups is 2. The predicted octanol–water partition coefficient (Wildman–Crippen LogP) is 4.05. The van der Waals surface area contributed by atoms with E-state index >= 15 is 0 Å². The number of aliphatic hydroxyl groups is 1. The van der Waals surface area contributed by atoms with Crippen molar-refractivity contribution in [3.63, 3.8) is 0 Å². The average Bonchev–Trinajstić information content (AvgIpc) is 2.86. The summed E-state index contributed by atoms with van der Waals surface area (Å²) < 4.78 is 5.55. The molecule has 1 aromatic rings. The highest BCUT2D eigenvalue weighted by atomic mass is 16.8. The topological polar surface area (TPSA) is 88.1 Å². The Morgan fingerprint density at radius 1 is 1.15 bits per heavy atom. The van der Waals surface area contributed by atoms with Crippen molar-refractivity contribution in [2.75, 3.05) is 13.2 Å². The summed E-state index contributed by atoms with van der Waals surface area (Å²) in [7, 11) is 0. The van der Waals surface area contributed by atoms with Crippen LogP contribution >= 0.6 is 0 Å². The van der Waals surface area contributed by atoms with Crippen molar-refractivity contribution in [1.82, 2.24) is 10.4 Å². The number of hydrogen-bond donors (Lipinski definition) is 2. The van der Waals surface area contributed by atoms with Gasteiger partial charge in [0.05, 0.1) is 12.6 Å². The first-order chi connectivity index (χ1) is 15.7. The average molecular weight is 457 g/mol. The molecule has 7 heteroatoms. The Kier molecular flexibility index (Phi) is 5.48. The number of amides is 2. The molecular formula is C26H36N2O5. The molecule has 1 aliphatic heterocycles. The van der Waals surface area contributed by atoms with E-state index in [9.17, 15) is 9.59 Å². The lowest BCUT2D eigenvalue weighted by Crippen LogP contribution is -2.72. The first-order valence-electron chi connectivity index (χ1n) is 12.3. The van der Waals surface area contributed by atoms with Crippen molar-refractivity contribution in [1.29, 1.82) is 0 Å². The van der Waals surface area contributed by atoms with E-state index in [1.807, 2.05) is 0 Å². The number of fused-ring (bicyclic) bond motifs is 3. The van der Waals surface area contributed by atoms with Crippen LogP contribution in [0.3, 0.4) is 0 Å². The third kappa shape index (κ3) is 3.73. The zero-order valence-electron chi connectivity index (χ0n) is 19.9. The van der Waals surface area contributed by atoms with Gasteiger partial charge in [-0.1, -0.05) is 32.9 Å². The molecule has 0 radical (unpaired) electrons. The second kappa shape index (κ2) is 7.98. The highest BCUT2D eigenvalue weighted by Gasteiger charge is 2.68. The molecule has 2 bridgehead atoms. The fourth-order valence-corrected chi connectivity index (χ4v) is 7.24. The Bertz CT molecular complexity index is 931. The van der Waals surface area contributed by atoms with E-state index in [0.717, 1.165) is 43.1 Å². The molecule has 1 aromatic carbocycles. The summed E-state index contributed by atoms with van der Waals surface area (Å²) >= 11 is 0. The van der Waals surface area contributed by atoms with Crippen molar-refractivity contribution in [3.05, 3.63) is 35.4 Å². The predicted molar refractivity (Wildman–Crippen MR) is 122 cm³/mol. The molecule has 0 unspecified atom stereocenters. The highest BCUT2D eigenvalue weighted by Crippen LogP contribution is 2.68. The molecule has 5 atom stereocenters. The Morgan fingerprint density at radius 3 is 2.61 bits per heavy atom. The van der Waals surface area contributed by atoms with Gasteiger partial charge in [-0.15, -0.1) is 0 Å². The molecule has 1 spiro atoms. The lowest BCUT2D eigenvalue weighted by Gasteiger charge is -2.63. The first-order valence-corrected chi connectivity index (χ1v) is 12.3. The van der Waals surface area contributed by atoms with Crippen LogP contribution in [0.4, 0.5) is 4.79 Å². The Hall–Kier alpha value is -2.12. The minimum atomic E-state index is -0.424. The molecule has 33 heavy (non-hydrogen) atoms. The van der Waals surface area contributed by atoms with E-state index in [1.54, 1.807) is 24.3 Å². The van der Waals surface area contributed by atoms with Crippen LogP contribution in [0.2, 0.25) is 0 Å². The molecule has 180 valence electrons. The maximum absolute atomic E-state index is 12.8. The van der Waals surface area contributed by atoms with Gasteiger partial charge in [0, 0.05) is 12.1 Å². The maximum atomic E-state index is 12.8. The van der Waals surface area contributed by atoms with Gasteiger partial charge in [-0.2, -0.15) is 5.06 Å². The van der Waals surface area contributed by atoms with Crippen LogP contribution < -0.4 is 5.32 Å². The number of nitrogens with one attached hydrogen (secondary N) is 1. The number of rotatable bonds is 5. The molecule has 0 aromatic heterocycles. The third-order valence-electron chi connectivity index (χ3n) is 9.03. The third-order valence-corrected chi connectivity index (χ3v) is 9.03. The largest absolute Gasteiger partial charge is 0.443 e. The van der Waals surface area contributed by atoms with E-state index in [4.69, 9.17) is 14.7 Å². The number of aliphatic hydroxyl groups excluding tert-OH is 1. The molecule has 1 saturated heterocycles. The zero-order chi connectivity index (χ0) is 23.4. The smallest absolute Gasteiger partial charge is 0.434 e. The quantitative estimate of drug-likeness (QED) is 0.698. The van der Waals surface area contributed by atoms with E-state index in [2.05, 4.69) is 26.1 Å². The van der Waals surface area contributed by atoms with Gasteiger partial charge >= 0.3 is 6.09 Å². The van der Waals surface area contributed by atoms with Crippen molar-refractivity contribution < 1.29 is 24.3 Å². The van der Waals surface area contributed by atoms with Gasteiger partial charge in [0.2, 0.25) is 0 Å². The van der Waals surface area contributed by atoms with Gasteiger partial charge in [-0.3, -0.25) is 9.63 Å². The summed E-state index contributed by atoms with van der Waals surface area (Å²) in [5.74, 6) is 1.31. The molecule has 2 amide bonds. The van der Waals surface area contributed by atoms with Crippen molar-refractivity contribution >= 4 is 12.0 Å². The zero-order valence-corrected chi connectivity index (χ0v) is 19.9. The lowest BCUT2D eigenvalue weighted by molar-refractivity contribution is -0.388. The molecule has 3 saturated carbocycles. The molecule has 3 aliphatic carbocycles. The van der Waals surface area contributed by atoms with E-state index in [1.165, 1.54) is 17.9 Å². The Balaban J connectivity index is 1.17. The fraction of sp³-hybridized carbons (Fsp3) is 0.692. The van der Waals surface area contributed by atoms with Crippen LogP contribution in [-0.4, -0.2) is 47.0 Å². The Morgan fingerprint density at radius 2 is 1.91 bits per heavy atom. The number of carbonyl (C=O) groups excluding carboxylic acids is 2. The van der Waals surface area contributed by atoms with Crippen molar-refractivity contribution in [2.24, 2.45) is 22.7 Å². The SMILES string of the molecule is CC1(C)C[C@H]2[C@H]1CC[C@@]13C[C@]2(C)CC[C@H]1N(C(=O)OCc1ccc(C(=O)NCCO)cc1)O3. The van der Waals surface area contributed by atoms with Crippen LogP contribution in [0.5, 0.6) is 0 Å². The van der Waals surface area contributed by atoms with Crippen LogP contribution in [0, 0.1) is 22.7 Å². The van der Waals surface area contributed by atoms with Gasteiger partial charge in [-0.25, -0.2) is 4.79 Å². The van der Waals surface area contributed by atoms with Crippen LogP contribution in [0.25, 0.3) is 0 Å². The summed E-state index contributed by atoms with van der Waals surface area (Å²) in [5.41, 5.74) is 1.84. The highest BCUT2D eigenvalue weighted by molar-refractivity contribution is 5.94. The van der Waals surface area contributed by atoms with Crippen molar-refractivity contribution in [2.45, 2.75) is 77.5 Å². The van der Waals surface area contributed by atoms with E-state index < -0.39 is 6.09 Å². The molecule has 1 heterocycles. The summed E-state index contributed by atoms with van der Waals surface area (Å²) in [6.45, 7) is 7.50. The molecular weight excluding hydrogens is 420 g/mol. The molecule has 2 N–H and O–H groups in total. The monoisotopic (exact) mass is 456 g/mol. The number of benzene rings is 1. The minimum Gasteiger partial charge on any atom is -0.443 e. The lowest BCUT2D eigenvalue weighted by atomic mass is 9.46. The van der Waals surface area contributed by atoms with Gasteiger partial charge < -0.3 is 15.2 Å². The second-order valence-electron chi connectivity index (χ2n) is 11.5. The second-order valence-corrected chi connectivity index (χ2v) is 11.5. The summed E-state index contributed by atoms with van der Waals surface area (Å²) in [4.78, 5) is 31.0. The summed E-state index contributed by atoms with van der Waals surface area (Å²) in [6, 6.07) is 7.03. The standard InChI is InChI=1S/C26H36N2O5/c1-24(2)14-20-19(24)8-11-26-16-25(20,3)10-9-21(26)28(33-26)23(31)32-15-17-4-6-18(7-5-17)22(30)27-12-13-29/h4-7,19-21,29H,8-16H2,1-3H3,(H,27,30)/t19-,20+,21-,25+,26-/m1/s1. The van der Waals surface area contributed by atoms with Crippen LogP contribution in [-0.2, 0) is 16.2 Å². The summed E-state index contributed by atoms with van der Waals surface area (Å²) in [5, 5.41) is 12.9. The normalized spacial score (nSPS) is 35.8. The van der Waals surface area contributed by atoms with Gasteiger partial charge in [0.25, 0.3) is 5.91 Å². The number of ether oxygens (including phenoxy) is 1. The van der Waals surface area contributed by atoms with Crippen LogP contribution in [0.15, 0.2) is 24.3 Å². The van der Waals surface area contributed by atoms with Gasteiger partial charge in [-0.05, 0) is 78.9 Å². The molecule has 7 nitrogen and oxygen atoms in total. The fourth-order valence-electron chi connectivity index (χ4n) is 7.24. The first kappa shape index (κ1) is 22.7. The van der Waals surface area contributed by atoms with Crippen LogP contribution in [0.1, 0.15) is 75.2 Å². The van der Waals surface area contributed by atoms with Gasteiger partial charge in [0.1, 0.15) is 12.2 Å². The van der Waals surface area contributed by atoms with Gasteiger partial charge in [0.15, 0.2) is 0 Å². The minimum absolute atomic E-state index is 0.0982. The Labute approximate surface area is 195 Å². The number of nitrogens with zero attached hydrogens (tertiary/aromatic N) is 1. The number of hydrogen-bond acceptors (Lipinski definition) is 5. The molecule has 4 aliphatic rings. The van der Waals surface area contributed by atoms with E-state index in [0.29, 0.717) is 16.4 Å². The maximum Gasteiger partial charge on any atom is 0.434 e. The summed E-state index contributed by atoms with van der Waals surface area (Å²) in [6.07, 6.45) is 6.27. The molecule has 4 fully saturated rings. The van der Waals surface area contributed by atoms with E-state index in [-0.39, 0.29) is 37.3 Å². The number of carbonyl (C=O) groups is 2.